The zero-order valence-electron chi connectivity index (χ0n) is 11.4. The predicted octanol–water partition coefficient (Wildman–Crippen LogP) is 0.336. The lowest BCUT2D eigenvalue weighted by Gasteiger charge is -2.23. The van der Waals surface area contributed by atoms with Crippen molar-refractivity contribution in [2.75, 3.05) is 24.5 Å². The number of nitrogens with two attached hydrogens (primary N) is 2. The Morgan fingerprint density at radius 1 is 1.25 bits per heavy atom. The molecule has 0 atom stereocenters. The highest BCUT2D eigenvalue weighted by Crippen LogP contribution is 2.27. The van der Waals surface area contributed by atoms with Crippen LogP contribution < -0.4 is 21.7 Å². The maximum atomic E-state index is 11.1. The second-order valence-electron chi connectivity index (χ2n) is 4.35. The highest BCUT2D eigenvalue weighted by Gasteiger charge is 2.15. The Bertz CT molecular complexity index is 477. The molecule has 110 valence electrons. The van der Waals surface area contributed by atoms with Gasteiger partial charge < -0.3 is 21.7 Å². The van der Waals surface area contributed by atoms with E-state index in [1.807, 2.05) is 25.1 Å². The van der Waals surface area contributed by atoms with Gasteiger partial charge in [0.2, 0.25) is 11.8 Å². The fourth-order valence-electron chi connectivity index (χ4n) is 1.79. The molecule has 1 aromatic rings. The van der Waals surface area contributed by atoms with E-state index in [0.717, 1.165) is 23.1 Å². The van der Waals surface area contributed by atoms with E-state index in [1.165, 1.54) is 0 Å². The quantitative estimate of drug-likeness (QED) is 0.633. The summed E-state index contributed by atoms with van der Waals surface area (Å²) in [5.74, 6) is -1.04. The Kier molecular flexibility index (Phi) is 6.47. The number of hydrogen-bond acceptors (Lipinski definition) is 4. The van der Waals surface area contributed by atoms with Gasteiger partial charge >= 0.3 is 0 Å². The molecular weight excluding hydrogens is 324 g/mol. The van der Waals surface area contributed by atoms with Gasteiger partial charge in [0.1, 0.15) is 0 Å². The zero-order chi connectivity index (χ0) is 15.1. The minimum atomic E-state index is -0.519. The lowest BCUT2D eigenvalue weighted by molar-refractivity contribution is -0.117. The second kappa shape index (κ2) is 7.86. The van der Waals surface area contributed by atoms with Crippen LogP contribution in [0.2, 0.25) is 0 Å². The molecule has 2 amide bonds. The molecule has 0 saturated carbocycles. The molecule has 0 aromatic heterocycles. The molecule has 0 saturated heterocycles. The van der Waals surface area contributed by atoms with Crippen LogP contribution in [0.3, 0.4) is 0 Å². The number of benzene rings is 1. The van der Waals surface area contributed by atoms with Gasteiger partial charge in [-0.2, -0.15) is 0 Å². The van der Waals surface area contributed by atoms with Crippen molar-refractivity contribution in [3.8, 4) is 0 Å². The van der Waals surface area contributed by atoms with Gasteiger partial charge in [0, 0.05) is 11.0 Å². The van der Waals surface area contributed by atoms with Crippen molar-refractivity contribution in [2.24, 2.45) is 11.5 Å². The molecule has 1 rings (SSSR count). The third-order valence-electron chi connectivity index (χ3n) is 2.63. The third kappa shape index (κ3) is 5.18. The van der Waals surface area contributed by atoms with Crippen LogP contribution in [0.15, 0.2) is 22.7 Å². The predicted molar refractivity (Wildman–Crippen MR) is 82.1 cm³/mol. The number of hydrogen-bond donors (Lipinski definition) is 3. The number of primary amides is 2. The Hall–Kier alpha value is -1.60. The molecule has 0 spiro atoms. The van der Waals surface area contributed by atoms with Gasteiger partial charge in [0.05, 0.1) is 18.8 Å². The number of carbonyl (C=O) groups is 2. The van der Waals surface area contributed by atoms with E-state index < -0.39 is 11.8 Å². The van der Waals surface area contributed by atoms with Gasteiger partial charge in [-0.05, 0) is 40.2 Å². The van der Waals surface area contributed by atoms with Crippen LogP contribution in [0.5, 0.6) is 0 Å². The maximum Gasteiger partial charge on any atom is 0.236 e. The van der Waals surface area contributed by atoms with Crippen molar-refractivity contribution in [1.82, 2.24) is 5.32 Å². The Morgan fingerprint density at radius 2 is 1.85 bits per heavy atom. The number of anilines is 1. The molecule has 20 heavy (non-hydrogen) atoms. The molecular formula is C13H19BrN4O2. The van der Waals surface area contributed by atoms with E-state index in [1.54, 1.807) is 4.90 Å². The molecule has 0 radical (unpaired) electrons. The van der Waals surface area contributed by atoms with E-state index in [2.05, 4.69) is 21.2 Å². The normalized spacial score (nSPS) is 10.3. The van der Waals surface area contributed by atoms with Crippen LogP contribution in [0.25, 0.3) is 0 Å². The van der Waals surface area contributed by atoms with Gasteiger partial charge in [0.25, 0.3) is 0 Å². The van der Waals surface area contributed by atoms with Gasteiger partial charge in [-0.15, -0.1) is 0 Å². The average molecular weight is 343 g/mol. The summed E-state index contributed by atoms with van der Waals surface area (Å²) in [6.07, 6.45) is 0. The molecule has 0 bridgehead atoms. The number of nitrogens with zero attached hydrogens (tertiary/aromatic N) is 1. The fourth-order valence-corrected chi connectivity index (χ4v) is 2.47. The molecule has 0 aliphatic rings. The van der Waals surface area contributed by atoms with Crippen molar-refractivity contribution < 1.29 is 9.59 Å². The monoisotopic (exact) mass is 342 g/mol. The Labute approximate surface area is 126 Å². The SMILES string of the molecule is CCNCc1ccc(N(CC(N)=O)CC(N)=O)c(Br)c1. The number of nitrogens with one attached hydrogen (secondary N) is 1. The highest BCUT2D eigenvalue weighted by molar-refractivity contribution is 9.10. The van der Waals surface area contributed by atoms with Crippen molar-refractivity contribution in [3.63, 3.8) is 0 Å². The molecule has 0 aliphatic heterocycles. The Morgan fingerprint density at radius 3 is 2.30 bits per heavy atom. The zero-order valence-corrected chi connectivity index (χ0v) is 12.9. The van der Waals surface area contributed by atoms with E-state index >= 15 is 0 Å². The summed E-state index contributed by atoms with van der Waals surface area (Å²) in [6.45, 7) is 3.54. The van der Waals surface area contributed by atoms with Crippen molar-refractivity contribution in [1.29, 1.82) is 0 Å². The van der Waals surface area contributed by atoms with E-state index in [0.29, 0.717) is 5.69 Å². The van der Waals surface area contributed by atoms with Crippen molar-refractivity contribution in [3.05, 3.63) is 28.2 Å². The molecule has 5 N–H and O–H groups in total. The van der Waals surface area contributed by atoms with Gasteiger partial charge in [-0.25, -0.2) is 0 Å². The number of carbonyl (C=O) groups excluding carboxylic acids is 2. The molecule has 0 heterocycles. The number of halogens is 1. The van der Waals surface area contributed by atoms with Crippen LogP contribution in [-0.4, -0.2) is 31.4 Å². The summed E-state index contributed by atoms with van der Waals surface area (Å²) in [5, 5.41) is 3.22. The summed E-state index contributed by atoms with van der Waals surface area (Å²) in [6, 6.07) is 5.70. The smallest absolute Gasteiger partial charge is 0.236 e. The summed E-state index contributed by atoms with van der Waals surface area (Å²) in [4.78, 5) is 23.7. The summed E-state index contributed by atoms with van der Waals surface area (Å²) in [5.41, 5.74) is 12.2. The summed E-state index contributed by atoms with van der Waals surface area (Å²) in [7, 11) is 0. The van der Waals surface area contributed by atoms with Crippen LogP contribution in [-0.2, 0) is 16.1 Å². The van der Waals surface area contributed by atoms with E-state index in [9.17, 15) is 9.59 Å². The first-order valence-electron chi connectivity index (χ1n) is 6.24. The first-order valence-corrected chi connectivity index (χ1v) is 7.04. The number of rotatable bonds is 8. The van der Waals surface area contributed by atoms with Gasteiger partial charge in [-0.1, -0.05) is 13.0 Å². The molecule has 1 aromatic carbocycles. The first-order chi connectivity index (χ1) is 9.43. The topological polar surface area (TPSA) is 101 Å². The maximum absolute atomic E-state index is 11.1. The van der Waals surface area contributed by atoms with Crippen LogP contribution >= 0.6 is 15.9 Å². The standard InChI is InChI=1S/C13H19BrN4O2/c1-2-17-6-9-3-4-11(10(14)5-9)18(7-12(15)19)8-13(16)20/h3-5,17H,2,6-8H2,1H3,(H2,15,19)(H2,16,20). The molecule has 7 heteroatoms. The molecule has 0 aliphatic carbocycles. The Balaban J connectivity index is 2.95. The minimum Gasteiger partial charge on any atom is -0.368 e. The minimum absolute atomic E-state index is 0.0614. The third-order valence-corrected chi connectivity index (χ3v) is 3.26. The molecule has 0 unspecified atom stereocenters. The first kappa shape index (κ1) is 16.5. The molecule has 6 nitrogen and oxygen atoms in total. The van der Waals surface area contributed by atoms with Crippen LogP contribution in [0.1, 0.15) is 12.5 Å². The van der Waals surface area contributed by atoms with Crippen LogP contribution in [0, 0.1) is 0 Å². The number of amides is 2. The lowest BCUT2D eigenvalue weighted by atomic mass is 10.2. The summed E-state index contributed by atoms with van der Waals surface area (Å²) >= 11 is 3.45. The van der Waals surface area contributed by atoms with E-state index in [4.69, 9.17) is 11.5 Å². The second-order valence-corrected chi connectivity index (χ2v) is 5.21. The van der Waals surface area contributed by atoms with Gasteiger partial charge in [-0.3, -0.25) is 9.59 Å². The largest absolute Gasteiger partial charge is 0.368 e. The van der Waals surface area contributed by atoms with Crippen LogP contribution in [0.4, 0.5) is 5.69 Å². The lowest BCUT2D eigenvalue weighted by Crippen LogP contribution is -2.39. The van der Waals surface area contributed by atoms with E-state index in [-0.39, 0.29) is 13.1 Å². The van der Waals surface area contributed by atoms with Crippen molar-refractivity contribution in [2.45, 2.75) is 13.5 Å². The highest BCUT2D eigenvalue weighted by atomic mass is 79.9. The average Bonchev–Trinajstić information content (AvgIpc) is 2.34. The molecule has 0 fully saturated rings. The summed E-state index contributed by atoms with van der Waals surface area (Å²) < 4.78 is 0.787. The van der Waals surface area contributed by atoms with Crippen molar-refractivity contribution >= 4 is 33.4 Å². The van der Waals surface area contributed by atoms with Gasteiger partial charge in [0.15, 0.2) is 0 Å². The fraction of sp³-hybridized carbons (Fsp3) is 0.385.